The van der Waals surface area contributed by atoms with Crippen molar-refractivity contribution in [2.24, 2.45) is 11.7 Å². The van der Waals surface area contributed by atoms with E-state index in [0.717, 1.165) is 11.3 Å². The smallest absolute Gasteiger partial charge is 0.231 e. The van der Waals surface area contributed by atoms with Gasteiger partial charge < -0.3 is 10.6 Å². The Hall–Kier alpha value is -1.84. The van der Waals surface area contributed by atoms with Gasteiger partial charge in [-0.3, -0.25) is 4.79 Å². The number of benzene rings is 2. The van der Waals surface area contributed by atoms with Crippen LogP contribution in [0.25, 0.3) is 0 Å². The van der Waals surface area contributed by atoms with Gasteiger partial charge in [0.1, 0.15) is 0 Å². The molecule has 0 saturated heterocycles. The van der Waals surface area contributed by atoms with Crippen molar-refractivity contribution in [3.63, 3.8) is 0 Å². The van der Waals surface area contributed by atoms with Crippen LogP contribution in [-0.2, 0) is 4.79 Å². The van der Waals surface area contributed by atoms with Crippen LogP contribution in [0.4, 0.5) is 5.69 Å². The van der Waals surface area contributed by atoms with Crippen LogP contribution in [0.5, 0.6) is 0 Å². The minimum atomic E-state index is -0.306. The van der Waals surface area contributed by atoms with Crippen molar-refractivity contribution in [1.29, 1.82) is 0 Å². The SMILES string of the molecule is CC(C)c1cccc(N(C)C(=O)C(C)C(N)c2ccccc2)c1.Cl. The zero-order chi connectivity index (χ0) is 17.0. The van der Waals surface area contributed by atoms with Gasteiger partial charge in [0, 0.05) is 18.8 Å². The van der Waals surface area contributed by atoms with Crippen molar-refractivity contribution in [3.05, 3.63) is 65.7 Å². The van der Waals surface area contributed by atoms with Crippen LogP contribution < -0.4 is 10.6 Å². The second kappa shape index (κ2) is 8.86. The molecule has 0 radical (unpaired) electrons. The van der Waals surface area contributed by atoms with E-state index in [2.05, 4.69) is 26.0 Å². The van der Waals surface area contributed by atoms with E-state index in [1.807, 2.05) is 56.4 Å². The Bertz CT molecular complexity index is 658. The lowest BCUT2D eigenvalue weighted by atomic mass is 9.94. The number of nitrogens with two attached hydrogens (primary N) is 1. The molecular weight excluding hydrogens is 320 g/mol. The van der Waals surface area contributed by atoms with E-state index in [4.69, 9.17) is 5.73 Å². The van der Waals surface area contributed by atoms with E-state index in [-0.39, 0.29) is 30.3 Å². The van der Waals surface area contributed by atoms with Crippen molar-refractivity contribution in [2.45, 2.75) is 32.7 Å². The number of halogens is 1. The minimum absolute atomic E-state index is 0. The summed E-state index contributed by atoms with van der Waals surface area (Å²) in [5.74, 6) is 0.176. The predicted octanol–water partition coefficient (Wildman–Crippen LogP) is 4.53. The van der Waals surface area contributed by atoms with Gasteiger partial charge in [0.2, 0.25) is 5.91 Å². The van der Waals surface area contributed by atoms with Gasteiger partial charge in [-0.05, 0) is 29.2 Å². The summed E-state index contributed by atoms with van der Waals surface area (Å²) in [5.41, 5.74) is 9.40. The summed E-state index contributed by atoms with van der Waals surface area (Å²) in [6.07, 6.45) is 0. The highest BCUT2D eigenvalue weighted by Gasteiger charge is 2.25. The Morgan fingerprint density at radius 1 is 0.958 bits per heavy atom. The van der Waals surface area contributed by atoms with Gasteiger partial charge in [-0.25, -0.2) is 0 Å². The third kappa shape index (κ3) is 4.59. The van der Waals surface area contributed by atoms with Gasteiger partial charge in [0.05, 0.1) is 5.92 Å². The van der Waals surface area contributed by atoms with Crippen molar-refractivity contribution in [2.75, 3.05) is 11.9 Å². The Morgan fingerprint density at radius 3 is 2.12 bits per heavy atom. The summed E-state index contributed by atoms with van der Waals surface area (Å²) in [7, 11) is 1.82. The van der Waals surface area contributed by atoms with Gasteiger partial charge >= 0.3 is 0 Å². The molecule has 0 saturated carbocycles. The fourth-order valence-corrected chi connectivity index (χ4v) is 2.64. The first-order valence-corrected chi connectivity index (χ1v) is 8.10. The molecule has 0 fully saturated rings. The molecule has 2 N–H and O–H groups in total. The molecule has 2 atom stereocenters. The molecule has 0 aromatic heterocycles. The Balaban J connectivity index is 0.00000288. The monoisotopic (exact) mass is 346 g/mol. The van der Waals surface area contributed by atoms with Crippen molar-refractivity contribution < 1.29 is 4.79 Å². The highest BCUT2D eigenvalue weighted by atomic mass is 35.5. The number of amides is 1. The first-order valence-electron chi connectivity index (χ1n) is 8.10. The summed E-state index contributed by atoms with van der Waals surface area (Å²) in [6.45, 7) is 6.19. The Morgan fingerprint density at radius 2 is 1.54 bits per heavy atom. The molecule has 2 unspecified atom stereocenters. The average Bonchev–Trinajstić information content (AvgIpc) is 2.60. The Kier molecular flexibility index (Phi) is 7.46. The van der Waals surface area contributed by atoms with Gasteiger partial charge in [0.25, 0.3) is 0 Å². The molecule has 130 valence electrons. The molecule has 0 spiro atoms. The fourth-order valence-electron chi connectivity index (χ4n) is 2.64. The van der Waals surface area contributed by atoms with Crippen LogP contribution >= 0.6 is 12.4 Å². The standard InChI is InChI=1S/C20H26N2O.ClH/c1-14(2)17-11-8-12-18(13-17)22(4)20(23)15(3)19(21)16-9-6-5-7-10-16;/h5-15,19H,21H2,1-4H3;1H. The second-order valence-corrected chi connectivity index (χ2v) is 6.37. The lowest BCUT2D eigenvalue weighted by molar-refractivity contribution is -0.122. The molecule has 2 rings (SSSR count). The maximum Gasteiger partial charge on any atom is 0.231 e. The maximum atomic E-state index is 12.8. The van der Waals surface area contributed by atoms with Crippen molar-refractivity contribution >= 4 is 24.0 Å². The number of hydrogen-bond donors (Lipinski definition) is 1. The van der Waals surface area contributed by atoms with Gasteiger partial charge in [-0.2, -0.15) is 0 Å². The molecule has 0 aliphatic heterocycles. The van der Waals surface area contributed by atoms with Crippen molar-refractivity contribution in [3.8, 4) is 0 Å². The largest absolute Gasteiger partial charge is 0.323 e. The zero-order valence-corrected chi connectivity index (χ0v) is 15.6. The molecule has 1 amide bonds. The summed E-state index contributed by atoms with van der Waals surface area (Å²) in [5, 5.41) is 0. The normalized spacial score (nSPS) is 13.1. The number of anilines is 1. The van der Waals surface area contributed by atoms with E-state index in [1.54, 1.807) is 4.90 Å². The van der Waals surface area contributed by atoms with Crippen LogP contribution in [0, 0.1) is 5.92 Å². The number of nitrogens with zero attached hydrogens (tertiary/aromatic N) is 1. The van der Waals surface area contributed by atoms with Gasteiger partial charge in [-0.1, -0.05) is 63.2 Å². The molecule has 24 heavy (non-hydrogen) atoms. The van der Waals surface area contributed by atoms with E-state index in [0.29, 0.717) is 5.92 Å². The predicted molar refractivity (Wildman–Crippen MR) is 104 cm³/mol. The van der Waals surface area contributed by atoms with Gasteiger partial charge in [0.15, 0.2) is 0 Å². The zero-order valence-electron chi connectivity index (χ0n) is 14.8. The minimum Gasteiger partial charge on any atom is -0.323 e. The molecule has 0 bridgehead atoms. The van der Waals surface area contributed by atoms with E-state index in [9.17, 15) is 4.79 Å². The average molecular weight is 347 g/mol. The Labute approximate surface area is 151 Å². The first-order chi connectivity index (χ1) is 10.9. The fraction of sp³-hybridized carbons (Fsp3) is 0.350. The lowest BCUT2D eigenvalue weighted by Gasteiger charge is -2.26. The topological polar surface area (TPSA) is 46.3 Å². The van der Waals surface area contributed by atoms with E-state index in [1.165, 1.54) is 5.56 Å². The molecule has 0 aliphatic carbocycles. The van der Waals surface area contributed by atoms with Gasteiger partial charge in [-0.15, -0.1) is 12.4 Å². The summed E-state index contributed by atoms with van der Waals surface area (Å²) < 4.78 is 0. The molecule has 0 aliphatic rings. The second-order valence-electron chi connectivity index (χ2n) is 6.37. The third-order valence-corrected chi connectivity index (χ3v) is 4.37. The molecule has 2 aromatic carbocycles. The number of carbonyl (C=O) groups excluding carboxylic acids is 1. The summed E-state index contributed by atoms with van der Waals surface area (Å²) in [6, 6.07) is 17.6. The highest BCUT2D eigenvalue weighted by Crippen LogP contribution is 2.25. The van der Waals surface area contributed by atoms with Crippen molar-refractivity contribution in [1.82, 2.24) is 0 Å². The van der Waals surface area contributed by atoms with Crippen LogP contribution in [0.1, 0.15) is 43.9 Å². The van der Waals surface area contributed by atoms with Crippen LogP contribution in [-0.4, -0.2) is 13.0 Å². The van der Waals surface area contributed by atoms with Crippen LogP contribution in [0.3, 0.4) is 0 Å². The molecule has 4 heteroatoms. The maximum absolute atomic E-state index is 12.8. The number of rotatable bonds is 5. The van der Waals surface area contributed by atoms with E-state index < -0.39 is 0 Å². The van der Waals surface area contributed by atoms with E-state index >= 15 is 0 Å². The quantitative estimate of drug-likeness (QED) is 0.864. The summed E-state index contributed by atoms with van der Waals surface area (Å²) >= 11 is 0. The van der Waals surface area contributed by atoms with Crippen LogP contribution in [0.15, 0.2) is 54.6 Å². The lowest BCUT2D eigenvalue weighted by Crippen LogP contribution is -2.37. The number of hydrogen-bond acceptors (Lipinski definition) is 2. The molecule has 0 heterocycles. The van der Waals surface area contributed by atoms with Crippen LogP contribution in [0.2, 0.25) is 0 Å². The molecule has 2 aromatic rings. The summed E-state index contributed by atoms with van der Waals surface area (Å²) in [4.78, 5) is 14.5. The molecule has 3 nitrogen and oxygen atoms in total. The first kappa shape index (κ1) is 20.2. The highest BCUT2D eigenvalue weighted by molar-refractivity contribution is 5.94. The molecular formula is C20H27ClN2O. The number of carbonyl (C=O) groups is 1. The third-order valence-electron chi connectivity index (χ3n) is 4.37.